The smallest absolute Gasteiger partial charge is 0.134 e. The van der Waals surface area contributed by atoms with Gasteiger partial charge in [0.25, 0.3) is 0 Å². The lowest BCUT2D eigenvalue weighted by Gasteiger charge is -2.02. The number of H-pyrrole nitrogens is 1. The maximum atomic E-state index is 5.57. The second kappa shape index (κ2) is 3.59. The first-order valence-corrected chi connectivity index (χ1v) is 5.08. The first-order valence-electron chi connectivity index (χ1n) is 4.29. The Kier molecular flexibility index (Phi) is 2.43. The van der Waals surface area contributed by atoms with Gasteiger partial charge in [0.1, 0.15) is 10.4 Å². The Bertz CT molecular complexity index is 430. The first kappa shape index (κ1) is 9.48. The molecule has 0 bridgehead atoms. The van der Waals surface area contributed by atoms with Gasteiger partial charge in [-0.1, -0.05) is 0 Å². The fourth-order valence-electron chi connectivity index (χ4n) is 1.46. The Morgan fingerprint density at radius 3 is 2.93 bits per heavy atom. The van der Waals surface area contributed by atoms with Gasteiger partial charge in [-0.3, -0.25) is 0 Å². The van der Waals surface area contributed by atoms with Gasteiger partial charge >= 0.3 is 0 Å². The Labute approximate surface area is 90.3 Å². The fraction of sp³-hybridized carbons (Fsp3) is 0.222. The van der Waals surface area contributed by atoms with E-state index < -0.39 is 0 Å². The Morgan fingerprint density at radius 2 is 2.43 bits per heavy atom. The Balaban J connectivity index is 2.58. The highest BCUT2D eigenvalue weighted by Crippen LogP contribution is 2.26. The number of rotatable bonds is 2. The summed E-state index contributed by atoms with van der Waals surface area (Å²) in [5.41, 5.74) is 7.63. The van der Waals surface area contributed by atoms with Crippen molar-refractivity contribution in [3.05, 3.63) is 28.8 Å². The van der Waals surface area contributed by atoms with Crippen LogP contribution in [0.4, 0.5) is 0 Å². The lowest BCUT2D eigenvalue weighted by Crippen LogP contribution is -2.05. The van der Waals surface area contributed by atoms with Crippen molar-refractivity contribution in [2.24, 2.45) is 12.8 Å². The molecule has 0 fully saturated rings. The lowest BCUT2D eigenvalue weighted by molar-refractivity contribution is 0.797. The number of imidazole rings is 1. The van der Waals surface area contributed by atoms with Crippen LogP contribution in [-0.4, -0.2) is 14.5 Å². The molecule has 2 rings (SSSR count). The number of hydrogen-bond donors (Lipinski definition) is 2. The van der Waals surface area contributed by atoms with E-state index in [0.717, 1.165) is 21.8 Å². The second-order valence-electron chi connectivity index (χ2n) is 3.01. The van der Waals surface area contributed by atoms with Crippen molar-refractivity contribution in [1.82, 2.24) is 14.5 Å². The average Bonchev–Trinajstić information content (AvgIpc) is 2.74. The molecule has 0 unspecified atom stereocenters. The van der Waals surface area contributed by atoms with E-state index in [0.29, 0.717) is 6.54 Å². The number of nitrogens with zero attached hydrogens (tertiary/aromatic N) is 2. The Hall–Kier alpha value is -1.07. The Morgan fingerprint density at radius 1 is 1.64 bits per heavy atom. The minimum atomic E-state index is 0.440. The zero-order valence-corrected chi connectivity index (χ0v) is 9.37. The van der Waals surface area contributed by atoms with Crippen molar-refractivity contribution in [2.45, 2.75) is 6.54 Å². The van der Waals surface area contributed by atoms with Gasteiger partial charge in [0, 0.05) is 13.2 Å². The zero-order valence-electron chi connectivity index (χ0n) is 7.79. The maximum Gasteiger partial charge on any atom is 0.134 e. The van der Waals surface area contributed by atoms with Crippen LogP contribution in [0.2, 0.25) is 0 Å². The molecule has 0 amide bonds. The van der Waals surface area contributed by atoms with Gasteiger partial charge < -0.3 is 15.3 Å². The molecule has 2 aromatic rings. The van der Waals surface area contributed by atoms with Crippen molar-refractivity contribution in [3.8, 4) is 11.4 Å². The number of aromatic amines is 1. The normalized spacial score (nSPS) is 10.8. The van der Waals surface area contributed by atoms with E-state index >= 15 is 0 Å². The van der Waals surface area contributed by atoms with E-state index in [2.05, 4.69) is 25.9 Å². The third-order valence-corrected chi connectivity index (χ3v) is 2.73. The van der Waals surface area contributed by atoms with E-state index in [1.54, 1.807) is 0 Å². The molecule has 0 atom stereocenters. The predicted octanol–water partition coefficient (Wildman–Crippen LogP) is 1.64. The van der Waals surface area contributed by atoms with Crippen LogP contribution >= 0.6 is 15.9 Å². The summed E-state index contributed by atoms with van der Waals surface area (Å²) < 4.78 is 2.80. The summed E-state index contributed by atoms with van der Waals surface area (Å²) in [6, 6.07) is 3.96. The largest absolute Gasteiger partial charge is 0.360 e. The molecule has 0 saturated carbocycles. The molecule has 0 spiro atoms. The number of hydrogen-bond acceptors (Lipinski definition) is 2. The van der Waals surface area contributed by atoms with E-state index in [1.807, 2.05) is 29.9 Å². The van der Waals surface area contributed by atoms with Crippen molar-refractivity contribution < 1.29 is 0 Å². The van der Waals surface area contributed by atoms with Crippen molar-refractivity contribution in [3.63, 3.8) is 0 Å². The third kappa shape index (κ3) is 1.38. The van der Waals surface area contributed by atoms with E-state index in [9.17, 15) is 0 Å². The third-order valence-electron chi connectivity index (χ3n) is 2.18. The molecular weight excluding hydrogens is 244 g/mol. The highest BCUT2D eigenvalue weighted by molar-refractivity contribution is 9.10. The van der Waals surface area contributed by atoms with Crippen LogP contribution in [-0.2, 0) is 13.6 Å². The molecule has 4 nitrogen and oxygen atoms in total. The van der Waals surface area contributed by atoms with Gasteiger partial charge in [-0.25, -0.2) is 4.98 Å². The highest BCUT2D eigenvalue weighted by atomic mass is 79.9. The number of aromatic nitrogens is 3. The number of nitrogens with two attached hydrogens (primary N) is 1. The molecule has 3 N–H and O–H groups in total. The van der Waals surface area contributed by atoms with Gasteiger partial charge in [0.2, 0.25) is 0 Å². The van der Waals surface area contributed by atoms with Gasteiger partial charge in [0.15, 0.2) is 0 Å². The summed E-state index contributed by atoms with van der Waals surface area (Å²) in [6.45, 7) is 0.440. The summed E-state index contributed by atoms with van der Waals surface area (Å²) in [7, 11) is 1.95. The minimum absolute atomic E-state index is 0.440. The predicted molar refractivity (Wildman–Crippen MR) is 58.6 cm³/mol. The van der Waals surface area contributed by atoms with Gasteiger partial charge in [-0.05, 0) is 28.1 Å². The average molecular weight is 255 g/mol. The number of halogens is 1. The summed E-state index contributed by atoms with van der Waals surface area (Å²) in [4.78, 5) is 7.46. The summed E-state index contributed by atoms with van der Waals surface area (Å²) in [5, 5.41) is 0. The maximum absolute atomic E-state index is 5.57. The zero-order chi connectivity index (χ0) is 10.1. The van der Waals surface area contributed by atoms with Crippen LogP contribution in [0.3, 0.4) is 0 Å². The van der Waals surface area contributed by atoms with Gasteiger partial charge in [-0.2, -0.15) is 0 Å². The van der Waals surface area contributed by atoms with Crippen LogP contribution in [0.15, 0.2) is 22.9 Å². The topological polar surface area (TPSA) is 59.6 Å². The molecule has 0 aromatic carbocycles. The molecule has 74 valence electrons. The molecule has 2 heterocycles. The molecule has 5 heteroatoms. The van der Waals surface area contributed by atoms with Crippen LogP contribution in [0.5, 0.6) is 0 Å². The van der Waals surface area contributed by atoms with Crippen molar-refractivity contribution in [2.75, 3.05) is 0 Å². The standard InChI is InChI=1S/C9H11BrN4/c1-14-7(5-11)13-9(10)8(14)6-3-2-4-12-6/h2-4,12H,5,11H2,1H3. The molecule has 0 aliphatic rings. The summed E-state index contributed by atoms with van der Waals surface area (Å²) >= 11 is 3.42. The van der Waals surface area contributed by atoms with Crippen molar-refractivity contribution >= 4 is 15.9 Å². The lowest BCUT2D eigenvalue weighted by atomic mass is 10.3. The quantitative estimate of drug-likeness (QED) is 0.856. The van der Waals surface area contributed by atoms with Crippen LogP contribution in [0, 0.1) is 0 Å². The molecular formula is C9H11BrN4. The SMILES string of the molecule is Cn1c(CN)nc(Br)c1-c1ccc[nH]1. The van der Waals surface area contributed by atoms with E-state index in [-0.39, 0.29) is 0 Å². The van der Waals surface area contributed by atoms with Gasteiger partial charge in [0.05, 0.1) is 17.9 Å². The second-order valence-corrected chi connectivity index (χ2v) is 3.77. The minimum Gasteiger partial charge on any atom is -0.360 e. The van der Waals surface area contributed by atoms with Crippen molar-refractivity contribution in [1.29, 1.82) is 0 Å². The highest BCUT2D eigenvalue weighted by Gasteiger charge is 2.13. The van der Waals surface area contributed by atoms with Crippen LogP contribution in [0.25, 0.3) is 11.4 Å². The van der Waals surface area contributed by atoms with Crippen LogP contribution in [0.1, 0.15) is 5.82 Å². The number of nitrogens with one attached hydrogen (secondary N) is 1. The molecule has 0 aliphatic heterocycles. The molecule has 2 aromatic heterocycles. The van der Waals surface area contributed by atoms with E-state index in [1.165, 1.54) is 0 Å². The first-order chi connectivity index (χ1) is 6.74. The van der Waals surface area contributed by atoms with Crippen LogP contribution < -0.4 is 5.73 Å². The monoisotopic (exact) mass is 254 g/mol. The summed E-state index contributed by atoms with van der Waals surface area (Å²) in [6.07, 6.45) is 1.89. The molecule has 0 radical (unpaired) electrons. The molecule has 14 heavy (non-hydrogen) atoms. The fourth-order valence-corrected chi connectivity index (χ4v) is 2.14. The molecule has 0 aliphatic carbocycles. The van der Waals surface area contributed by atoms with E-state index in [4.69, 9.17) is 5.73 Å². The molecule has 0 saturated heterocycles. The summed E-state index contributed by atoms with van der Waals surface area (Å²) in [5.74, 6) is 0.862. The van der Waals surface area contributed by atoms with Gasteiger partial charge in [-0.15, -0.1) is 0 Å².